The lowest BCUT2D eigenvalue weighted by molar-refractivity contribution is -0.0862. The van der Waals surface area contributed by atoms with Gasteiger partial charge in [-0.05, 0) is 61.9 Å². The first-order valence-corrected chi connectivity index (χ1v) is 7.70. The predicted molar refractivity (Wildman–Crippen MR) is 85.8 cm³/mol. The highest BCUT2D eigenvalue weighted by molar-refractivity contribution is 6.30. The molecule has 0 aliphatic heterocycles. The van der Waals surface area contributed by atoms with Crippen LogP contribution in [0.15, 0.2) is 18.2 Å². The SMILES string of the molecule is Cl.NCC[C@@]12CCCC[C@]1(O)CCc1ccc(Cl)cc12. The van der Waals surface area contributed by atoms with Gasteiger partial charge < -0.3 is 10.8 Å². The molecule has 2 atom stereocenters. The van der Waals surface area contributed by atoms with E-state index in [1.807, 2.05) is 6.07 Å². The molecule has 2 nitrogen and oxygen atoms in total. The molecule has 0 saturated heterocycles. The lowest BCUT2D eigenvalue weighted by Crippen LogP contribution is -2.57. The minimum Gasteiger partial charge on any atom is -0.389 e. The van der Waals surface area contributed by atoms with E-state index in [-0.39, 0.29) is 17.8 Å². The molecule has 0 spiro atoms. The second kappa shape index (κ2) is 5.84. The molecule has 4 heteroatoms. The maximum Gasteiger partial charge on any atom is 0.0747 e. The second-order valence-corrected chi connectivity index (χ2v) is 6.60. The largest absolute Gasteiger partial charge is 0.389 e. The molecule has 20 heavy (non-hydrogen) atoms. The van der Waals surface area contributed by atoms with Gasteiger partial charge in [0.25, 0.3) is 0 Å². The Bertz CT molecular complexity index is 489. The number of aliphatic hydroxyl groups is 1. The average Bonchev–Trinajstić information content (AvgIpc) is 2.40. The van der Waals surface area contributed by atoms with E-state index in [1.165, 1.54) is 17.5 Å². The van der Waals surface area contributed by atoms with Gasteiger partial charge in [-0.15, -0.1) is 12.4 Å². The van der Waals surface area contributed by atoms with Gasteiger partial charge in [-0.1, -0.05) is 30.5 Å². The number of rotatable bonds is 2. The van der Waals surface area contributed by atoms with Gasteiger partial charge in [0, 0.05) is 10.4 Å². The molecule has 3 N–H and O–H groups in total. The summed E-state index contributed by atoms with van der Waals surface area (Å²) in [5.74, 6) is 0. The third-order valence-electron chi connectivity index (χ3n) is 5.30. The van der Waals surface area contributed by atoms with Crippen molar-refractivity contribution in [2.45, 2.75) is 56.0 Å². The van der Waals surface area contributed by atoms with Crippen LogP contribution in [0.1, 0.15) is 49.7 Å². The Morgan fingerprint density at radius 2 is 1.95 bits per heavy atom. The van der Waals surface area contributed by atoms with E-state index in [9.17, 15) is 5.11 Å². The Labute approximate surface area is 132 Å². The third-order valence-corrected chi connectivity index (χ3v) is 5.54. The van der Waals surface area contributed by atoms with Crippen LogP contribution in [0.3, 0.4) is 0 Å². The number of aryl methyl sites for hydroxylation is 1. The smallest absolute Gasteiger partial charge is 0.0747 e. The Hall–Kier alpha value is -0.280. The van der Waals surface area contributed by atoms with Gasteiger partial charge >= 0.3 is 0 Å². The highest BCUT2D eigenvalue weighted by Crippen LogP contribution is 2.54. The van der Waals surface area contributed by atoms with Crippen molar-refractivity contribution in [3.05, 3.63) is 34.3 Å². The molecule has 1 aromatic rings. The van der Waals surface area contributed by atoms with E-state index in [0.717, 1.165) is 43.5 Å². The van der Waals surface area contributed by atoms with Gasteiger partial charge in [0.1, 0.15) is 0 Å². The van der Waals surface area contributed by atoms with E-state index in [2.05, 4.69) is 12.1 Å². The van der Waals surface area contributed by atoms with Gasteiger partial charge in [0.05, 0.1) is 5.60 Å². The lowest BCUT2D eigenvalue weighted by atomic mass is 9.53. The minimum absolute atomic E-state index is 0. The summed E-state index contributed by atoms with van der Waals surface area (Å²) in [6.45, 7) is 0.619. The zero-order valence-corrected chi connectivity index (χ0v) is 13.3. The number of benzene rings is 1. The number of halogens is 2. The summed E-state index contributed by atoms with van der Waals surface area (Å²) in [6, 6.07) is 6.16. The van der Waals surface area contributed by atoms with Crippen LogP contribution in [0.5, 0.6) is 0 Å². The van der Waals surface area contributed by atoms with Gasteiger partial charge in [-0.3, -0.25) is 0 Å². The fourth-order valence-electron chi connectivity index (χ4n) is 4.36. The standard InChI is InChI=1S/C16H22ClNO.ClH/c17-13-4-3-12-5-8-16(19)7-2-1-6-15(16,9-10-18)14(12)11-13;/h3-4,11,19H,1-2,5-10,18H2;1H/t15-,16+;/m1./s1. The second-order valence-electron chi connectivity index (χ2n) is 6.16. The minimum atomic E-state index is -0.581. The predicted octanol–water partition coefficient (Wildman–Crippen LogP) is 3.60. The van der Waals surface area contributed by atoms with Crippen LogP contribution in [0.2, 0.25) is 5.02 Å². The van der Waals surface area contributed by atoms with Crippen molar-refractivity contribution in [3.8, 4) is 0 Å². The average molecular weight is 316 g/mol. The number of hydrogen-bond donors (Lipinski definition) is 2. The molecule has 0 unspecified atom stereocenters. The molecule has 1 saturated carbocycles. The molecule has 2 aliphatic rings. The molecule has 2 aliphatic carbocycles. The summed E-state index contributed by atoms with van der Waals surface area (Å²) >= 11 is 6.20. The summed E-state index contributed by atoms with van der Waals surface area (Å²) in [7, 11) is 0. The maximum absolute atomic E-state index is 11.2. The van der Waals surface area contributed by atoms with Crippen molar-refractivity contribution in [3.63, 3.8) is 0 Å². The summed E-state index contributed by atoms with van der Waals surface area (Å²) in [6.07, 6.45) is 6.91. The Balaban J connectivity index is 0.00000147. The van der Waals surface area contributed by atoms with Crippen LogP contribution < -0.4 is 5.73 Å². The summed E-state index contributed by atoms with van der Waals surface area (Å²) < 4.78 is 0. The first-order chi connectivity index (χ1) is 9.11. The number of nitrogens with two attached hydrogens (primary N) is 1. The van der Waals surface area contributed by atoms with Crippen LogP contribution in [0.25, 0.3) is 0 Å². The first kappa shape index (κ1) is 16.1. The molecule has 0 bridgehead atoms. The molecule has 1 fully saturated rings. The van der Waals surface area contributed by atoms with Crippen LogP contribution >= 0.6 is 24.0 Å². The van der Waals surface area contributed by atoms with Crippen LogP contribution in [-0.4, -0.2) is 17.3 Å². The lowest BCUT2D eigenvalue weighted by Gasteiger charge is -2.54. The van der Waals surface area contributed by atoms with E-state index in [4.69, 9.17) is 17.3 Å². The third kappa shape index (κ3) is 2.27. The van der Waals surface area contributed by atoms with Gasteiger partial charge in [-0.2, -0.15) is 0 Å². The molecule has 112 valence electrons. The summed E-state index contributed by atoms with van der Waals surface area (Å²) in [5, 5.41) is 12.0. The molecule has 3 rings (SSSR count). The fourth-order valence-corrected chi connectivity index (χ4v) is 4.53. The van der Waals surface area contributed by atoms with Crippen molar-refractivity contribution in [1.82, 2.24) is 0 Å². The molecule has 1 aromatic carbocycles. The molecule has 0 amide bonds. The summed E-state index contributed by atoms with van der Waals surface area (Å²) in [5.41, 5.74) is 7.74. The van der Waals surface area contributed by atoms with Gasteiger partial charge in [-0.25, -0.2) is 0 Å². The van der Waals surface area contributed by atoms with E-state index < -0.39 is 5.60 Å². The van der Waals surface area contributed by atoms with Crippen molar-refractivity contribution < 1.29 is 5.11 Å². The van der Waals surface area contributed by atoms with Gasteiger partial charge in [0.15, 0.2) is 0 Å². The molecular formula is C16H23Cl2NO. The van der Waals surface area contributed by atoms with E-state index >= 15 is 0 Å². The monoisotopic (exact) mass is 315 g/mol. The van der Waals surface area contributed by atoms with Crippen LogP contribution in [0, 0.1) is 0 Å². The van der Waals surface area contributed by atoms with Crippen molar-refractivity contribution in [2.24, 2.45) is 5.73 Å². The molecule has 0 aromatic heterocycles. The van der Waals surface area contributed by atoms with Crippen LogP contribution in [-0.2, 0) is 11.8 Å². The Morgan fingerprint density at radius 3 is 2.70 bits per heavy atom. The van der Waals surface area contributed by atoms with Crippen LogP contribution in [0.4, 0.5) is 0 Å². The fraction of sp³-hybridized carbons (Fsp3) is 0.625. The maximum atomic E-state index is 11.2. The Kier molecular flexibility index (Phi) is 4.70. The first-order valence-electron chi connectivity index (χ1n) is 7.33. The highest BCUT2D eigenvalue weighted by Gasteiger charge is 2.54. The highest BCUT2D eigenvalue weighted by atomic mass is 35.5. The quantitative estimate of drug-likeness (QED) is 0.876. The molecule has 0 radical (unpaired) electrons. The van der Waals surface area contributed by atoms with Crippen molar-refractivity contribution >= 4 is 24.0 Å². The Morgan fingerprint density at radius 1 is 1.20 bits per heavy atom. The molecular weight excluding hydrogens is 293 g/mol. The zero-order chi connectivity index (χ0) is 13.5. The molecule has 0 heterocycles. The normalized spacial score (nSPS) is 31.9. The topological polar surface area (TPSA) is 46.2 Å². The zero-order valence-electron chi connectivity index (χ0n) is 11.7. The number of fused-ring (bicyclic) bond motifs is 3. The summed E-state index contributed by atoms with van der Waals surface area (Å²) in [4.78, 5) is 0. The number of hydrogen-bond acceptors (Lipinski definition) is 2. The van der Waals surface area contributed by atoms with Crippen molar-refractivity contribution in [1.29, 1.82) is 0 Å². The van der Waals surface area contributed by atoms with Crippen molar-refractivity contribution in [2.75, 3.05) is 6.54 Å². The van der Waals surface area contributed by atoms with E-state index in [1.54, 1.807) is 0 Å². The van der Waals surface area contributed by atoms with E-state index in [0.29, 0.717) is 6.54 Å². The van der Waals surface area contributed by atoms with Gasteiger partial charge in [0.2, 0.25) is 0 Å².